The van der Waals surface area contributed by atoms with E-state index < -0.39 is 0 Å². The molecule has 0 radical (unpaired) electrons. The number of halogens is 2. The Labute approximate surface area is 197 Å². The summed E-state index contributed by atoms with van der Waals surface area (Å²) in [6.07, 6.45) is 1.68. The molecule has 3 aromatic rings. The molecule has 2 aromatic carbocycles. The lowest BCUT2D eigenvalue weighted by atomic mass is 10.1. The summed E-state index contributed by atoms with van der Waals surface area (Å²) in [5.74, 6) is 0.689. The molecule has 6 nitrogen and oxygen atoms in total. The van der Waals surface area contributed by atoms with Crippen molar-refractivity contribution in [2.24, 2.45) is 0 Å². The van der Waals surface area contributed by atoms with Crippen LogP contribution in [0.4, 0.5) is 5.69 Å². The quantitative estimate of drug-likeness (QED) is 0.514. The summed E-state index contributed by atoms with van der Waals surface area (Å²) >= 11 is 12.3. The maximum absolute atomic E-state index is 12.7. The van der Waals surface area contributed by atoms with Gasteiger partial charge >= 0.3 is 0 Å². The lowest BCUT2D eigenvalue weighted by molar-refractivity contribution is 0.249. The Morgan fingerprint density at radius 2 is 1.72 bits per heavy atom. The van der Waals surface area contributed by atoms with Gasteiger partial charge < -0.3 is 9.64 Å². The van der Waals surface area contributed by atoms with Crippen molar-refractivity contribution in [3.05, 3.63) is 86.3 Å². The van der Waals surface area contributed by atoms with Gasteiger partial charge in [0.25, 0.3) is 5.56 Å². The fraction of sp³-hybridized carbons (Fsp3) is 0.333. The first-order valence-electron chi connectivity index (χ1n) is 10.7. The molecule has 0 amide bonds. The molecular formula is C24H26Cl2N4O2. The van der Waals surface area contributed by atoms with Crippen molar-refractivity contribution in [2.75, 3.05) is 37.7 Å². The number of hydrogen-bond donors (Lipinski definition) is 0. The van der Waals surface area contributed by atoms with Crippen molar-refractivity contribution in [1.82, 2.24) is 14.7 Å². The van der Waals surface area contributed by atoms with Gasteiger partial charge in [-0.2, -0.15) is 5.10 Å². The zero-order valence-corrected chi connectivity index (χ0v) is 19.5. The summed E-state index contributed by atoms with van der Waals surface area (Å²) in [6, 6.07) is 15.6. The minimum absolute atomic E-state index is 0.207. The highest BCUT2D eigenvalue weighted by Crippen LogP contribution is 2.23. The fourth-order valence-electron chi connectivity index (χ4n) is 3.79. The molecule has 0 N–H and O–H groups in total. The van der Waals surface area contributed by atoms with Gasteiger partial charge in [0, 0.05) is 37.7 Å². The van der Waals surface area contributed by atoms with Crippen LogP contribution in [0.5, 0.6) is 5.75 Å². The van der Waals surface area contributed by atoms with E-state index >= 15 is 0 Å². The smallest absolute Gasteiger partial charge is 0.287 e. The van der Waals surface area contributed by atoms with Gasteiger partial charge in [-0.1, -0.05) is 47.5 Å². The van der Waals surface area contributed by atoms with Gasteiger partial charge in [-0.3, -0.25) is 9.69 Å². The van der Waals surface area contributed by atoms with Crippen LogP contribution in [-0.2, 0) is 13.1 Å². The molecule has 0 aliphatic carbocycles. The SMILES string of the molecule is Cc1ccccc1CN1CCN(c2cnn(CCOc3ccc(Cl)cc3)c(=O)c2Cl)CC1. The molecule has 32 heavy (non-hydrogen) atoms. The van der Waals surface area contributed by atoms with Gasteiger partial charge in [0.1, 0.15) is 17.4 Å². The lowest BCUT2D eigenvalue weighted by Crippen LogP contribution is -2.46. The molecule has 0 saturated carbocycles. The topological polar surface area (TPSA) is 50.6 Å². The van der Waals surface area contributed by atoms with E-state index in [0.717, 1.165) is 32.7 Å². The summed E-state index contributed by atoms with van der Waals surface area (Å²) in [5.41, 5.74) is 3.06. The van der Waals surface area contributed by atoms with E-state index in [1.165, 1.54) is 15.8 Å². The predicted molar refractivity (Wildman–Crippen MR) is 129 cm³/mol. The van der Waals surface area contributed by atoms with Crippen LogP contribution in [0.15, 0.2) is 59.5 Å². The van der Waals surface area contributed by atoms with Gasteiger partial charge in [-0.15, -0.1) is 0 Å². The van der Waals surface area contributed by atoms with E-state index in [-0.39, 0.29) is 10.6 Å². The standard InChI is InChI=1S/C24H26Cl2N4O2/c1-18-4-2-3-5-19(18)17-28-10-12-29(13-11-28)22-16-27-30(24(31)23(22)26)14-15-32-21-8-6-20(25)7-9-21/h2-9,16H,10-15,17H2,1H3. The van der Waals surface area contributed by atoms with E-state index in [2.05, 4.69) is 46.1 Å². The Hall–Kier alpha value is -2.54. The summed E-state index contributed by atoms with van der Waals surface area (Å²) in [5, 5.41) is 5.18. The van der Waals surface area contributed by atoms with Crippen molar-refractivity contribution in [2.45, 2.75) is 20.0 Å². The number of aryl methyl sites for hydroxylation is 1. The molecule has 8 heteroatoms. The summed E-state index contributed by atoms with van der Waals surface area (Å²) in [6.45, 7) is 7.11. The Morgan fingerprint density at radius 1 is 1.00 bits per heavy atom. The van der Waals surface area contributed by atoms with Crippen LogP contribution in [0.1, 0.15) is 11.1 Å². The summed E-state index contributed by atoms with van der Waals surface area (Å²) in [4.78, 5) is 17.3. The maximum atomic E-state index is 12.7. The van der Waals surface area contributed by atoms with Gasteiger partial charge in [0.15, 0.2) is 0 Å². The average Bonchev–Trinajstić information content (AvgIpc) is 2.80. The first-order chi connectivity index (χ1) is 15.5. The molecule has 168 valence electrons. The third-order valence-electron chi connectivity index (χ3n) is 5.72. The number of benzene rings is 2. The van der Waals surface area contributed by atoms with Crippen LogP contribution in [-0.4, -0.2) is 47.5 Å². The molecule has 4 rings (SSSR count). The van der Waals surface area contributed by atoms with E-state index in [1.807, 2.05) is 0 Å². The Balaban J connectivity index is 1.33. The molecule has 0 atom stereocenters. The zero-order chi connectivity index (χ0) is 22.5. The van der Waals surface area contributed by atoms with E-state index in [1.54, 1.807) is 30.5 Å². The molecule has 0 bridgehead atoms. The number of rotatable bonds is 7. The summed E-state index contributed by atoms with van der Waals surface area (Å²) in [7, 11) is 0. The third kappa shape index (κ3) is 5.44. The van der Waals surface area contributed by atoms with Crippen molar-refractivity contribution in [1.29, 1.82) is 0 Å². The number of nitrogens with zero attached hydrogens (tertiary/aromatic N) is 4. The van der Waals surface area contributed by atoms with Crippen LogP contribution in [0.2, 0.25) is 10.0 Å². The van der Waals surface area contributed by atoms with Gasteiger partial charge in [-0.05, 0) is 42.3 Å². The van der Waals surface area contributed by atoms with Gasteiger partial charge in [0.05, 0.1) is 18.4 Å². The van der Waals surface area contributed by atoms with Crippen LogP contribution in [0, 0.1) is 6.92 Å². The first-order valence-corrected chi connectivity index (χ1v) is 11.4. The zero-order valence-electron chi connectivity index (χ0n) is 18.0. The second-order valence-electron chi connectivity index (χ2n) is 7.86. The number of piperazine rings is 1. The van der Waals surface area contributed by atoms with Crippen molar-refractivity contribution >= 4 is 28.9 Å². The Kier molecular flexibility index (Phi) is 7.35. The van der Waals surface area contributed by atoms with Gasteiger partial charge in [-0.25, -0.2) is 4.68 Å². The molecule has 1 fully saturated rings. The molecule has 0 unspecified atom stereocenters. The highest BCUT2D eigenvalue weighted by molar-refractivity contribution is 6.33. The normalized spacial score (nSPS) is 14.5. The molecule has 1 aliphatic rings. The Bertz CT molecular complexity index is 1110. The second-order valence-corrected chi connectivity index (χ2v) is 8.68. The fourth-order valence-corrected chi connectivity index (χ4v) is 4.18. The molecule has 0 spiro atoms. The van der Waals surface area contributed by atoms with Crippen LogP contribution < -0.4 is 15.2 Å². The first kappa shape index (κ1) is 22.6. The minimum Gasteiger partial charge on any atom is -0.492 e. The number of hydrogen-bond acceptors (Lipinski definition) is 5. The number of aromatic nitrogens is 2. The summed E-state index contributed by atoms with van der Waals surface area (Å²) < 4.78 is 7.00. The van der Waals surface area contributed by atoms with Gasteiger partial charge in [0.2, 0.25) is 0 Å². The highest BCUT2D eigenvalue weighted by atomic mass is 35.5. The maximum Gasteiger partial charge on any atom is 0.287 e. The van der Waals surface area contributed by atoms with Crippen molar-refractivity contribution in [3.8, 4) is 5.75 Å². The lowest BCUT2D eigenvalue weighted by Gasteiger charge is -2.36. The van der Waals surface area contributed by atoms with E-state index in [0.29, 0.717) is 29.6 Å². The Morgan fingerprint density at radius 3 is 2.44 bits per heavy atom. The molecule has 1 aromatic heterocycles. The van der Waals surface area contributed by atoms with Crippen LogP contribution in [0.3, 0.4) is 0 Å². The van der Waals surface area contributed by atoms with Crippen molar-refractivity contribution < 1.29 is 4.74 Å². The predicted octanol–water partition coefficient (Wildman–Crippen LogP) is 4.26. The third-order valence-corrected chi connectivity index (χ3v) is 6.33. The van der Waals surface area contributed by atoms with E-state index in [4.69, 9.17) is 27.9 Å². The minimum atomic E-state index is -0.300. The molecule has 2 heterocycles. The van der Waals surface area contributed by atoms with Crippen LogP contribution >= 0.6 is 23.2 Å². The van der Waals surface area contributed by atoms with Crippen molar-refractivity contribution in [3.63, 3.8) is 0 Å². The second kappa shape index (κ2) is 10.4. The molecular weight excluding hydrogens is 447 g/mol. The monoisotopic (exact) mass is 472 g/mol. The molecule has 1 saturated heterocycles. The number of anilines is 1. The molecule has 1 aliphatic heterocycles. The highest BCUT2D eigenvalue weighted by Gasteiger charge is 2.21. The van der Waals surface area contributed by atoms with E-state index in [9.17, 15) is 4.79 Å². The number of ether oxygens (including phenoxy) is 1. The average molecular weight is 473 g/mol. The largest absolute Gasteiger partial charge is 0.492 e. The van der Waals surface area contributed by atoms with Crippen LogP contribution in [0.25, 0.3) is 0 Å².